The summed E-state index contributed by atoms with van der Waals surface area (Å²) in [6.45, 7) is 4.40. The van der Waals surface area contributed by atoms with Gasteiger partial charge in [0.1, 0.15) is 5.82 Å². The van der Waals surface area contributed by atoms with Gasteiger partial charge in [0, 0.05) is 11.6 Å². The van der Waals surface area contributed by atoms with Crippen molar-refractivity contribution in [2.45, 2.75) is 20.3 Å². The van der Waals surface area contributed by atoms with Crippen molar-refractivity contribution in [3.63, 3.8) is 0 Å². The molecular weight excluding hydrogens is 593 g/mol. The third-order valence-electron chi connectivity index (χ3n) is 10.2. The molecular formula is C47H36N2. The van der Waals surface area contributed by atoms with Crippen LogP contribution in [0.15, 0.2) is 164 Å². The Balaban J connectivity index is 1.13. The van der Waals surface area contributed by atoms with E-state index in [9.17, 15) is 0 Å². The van der Waals surface area contributed by atoms with Crippen molar-refractivity contribution in [1.29, 1.82) is 0 Å². The third-order valence-corrected chi connectivity index (χ3v) is 10.2. The molecule has 0 spiro atoms. The number of hydrogen-bond acceptors (Lipinski definition) is 1. The molecule has 9 rings (SSSR count). The Morgan fingerprint density at radius 3 is 1.55 bits per heavy atom. The van der Waals surface area contributed by atoms with Crippen LogP contribution in [-0.2, 0) is 0 Å². The molecule has 0 N–H and O–H groups in total. The Bertz CT molecular complexity index is 2510. The van der Waals surface area contributed by atoms with E-state index in [0.29, 0.717) is 5.92 Å². The number of hydrogen-bond donors (Lipinski definition) is 0. The predicted octanol–water partition coefficient (Wildman–Crippen LogP) is 12.8. The van der Waals surface area contributed by atoms with Crippen LogP contribution in [0.25, 0.3) is 82.8 Å². The van der Waals surface area contributed by atoms with Crippen LogP contribution >= 0.6 is 0 Å². The average molecular weight is 629 g/mol. The van der Waals surface area contributed by atoms with Gasteiger partial charge in [0.2, 0.25) is 0 Å². The minimum atomic E-state index is 0.467. The molecule has 0 amide bonds. The number of imidazole rings is 1. The van der Waals surface area contributed by atoms with Gasteiger partial charge in [-0.15, -0.1) is 0 Å². The van der Waals surface area contributed by atoms with Crippen LogP contribution in [0.5, 0.6) is 0 Å². The van der Waals surface area contributed by atoms with Gasteiger partial charge in [-0.3, -0.25) is 0 Å². The molecule has 234 valence electrons. The van der Waals surface area contributed by atoms with Gasteiger partial charge >= 0.3 is 0 Å². The van der Waals surface area contributed by atoms with Gasteiger partial charge in [0.05, 0.1) is 11.0 Å². The number of nitrogens with zero attached hydrogens (tertiary/aromatic N) is 2. The van der Waals surface area contributed by atoms with Crippen molar-refractivity contribution >= 4 is 38.3 Å². The summed E-state index contributed by atoms with van der Waals surface area (Å²) in [5.74, 6) is 1.50. The molecule has 0 saturated heterocycles. The van der Waals surface area contributed by atoms with E-state index in [0.717, 1.165) is 17.8 Å². The minimum absolute atomic E-state index is 0.467. The Kier molecular flexibility index (Phi) is 7.09. The average Bonchev–Trinajstić information content (AvgIpc) is 3.49. The van der Waals surface area contributed by atoms with Crippen LogP contribution in [0, 0.1) is 12.8 Å². The quantitative estimate of drug-likeness (QED) is 0.173. The van der Waals surface area contributed by atoms with Crippen molar-refractivity contribution in [3.05, 3.63) is 170 Å². The second-order valence-corrected chi connectivity index (χ2v) is 13.2. The first-order valence-electron chi connectivity index (χ1n) is 17.2. The fourth-order valence-corrected chi connectivity index (χ4v) is 7.78. The van der Waals surface area contributed by atoms with Crippen molar-refractivity contribution in [2.24, 2.45) is 5.92 Å². The number of aromatic nitrogens is 2. The lowest BCUT2D eigenvalue weighted by molar-refractivity contribution is 0.712. The highest BCUT2D eigenvalue weighted by Gasteiger charge is 2.19. The summed E-state index contributed by atoms with van der Waals surface area (Å²) in [5.41, 5.74) is 13.3. The molecule has 0 saturated carbocycles. The van der Waals surface area contributed by atoms with Gasteiger partial charge in [-0.05, 0) is 97.6 Å². The second-order valence-electron chi connectivity index (χ2n) is 13.2. The smallest absolute Gasteiger partial charge is 0.111 e. The zero-order valence-electron chi connectivity index (χ0n) is 27.8. The molecule has 1 heterocycles. The zero-order valence-corrected chi connectivity index (χ0v) is 27.8. The maximum Gasteiger partial charge on any atom is 0.111 e. The summed E-state index contributed by atoms with van der Waals surface area (Å²) >= 11 is 0. The monoisotopic (exact) mass is 628 g/mol. The van der Waals surface area contributed by atoms with E-state index in [-0.39, 0.29) is 0 Å². The SMILES string of the molecule is Cc1nc2cc(-c3ccc(-c4c5ccccc5c(-c5ccc(-c6ccccc6)cc5)c5ccccc45)cc3)ccc2n1C1=CC=CCC1C. The lowest BCUT2D eigenvalue weighted by Crippen LogP contribution is -2.09. The molecule has 1 aromatic heterocycles. The maximum atomic E-state index is 4.99. The van der Waals surface area contributed by atoms with Crippen molar-refractivity contribution in [3.8, 4) is 44.5 Å². The lowest BCUT2D eigenvalue weighted by Gasteiger charge is -2.20. The van der Waals surface area contributed by atoms with Gasteiger partial charge in [-0.1, -0.05) is 153 Å². The number of fused-ring (bicyclic) bond motifs is 3. The predicted molar refractivity (Wildman–Crippen MR) is 208 cm³/mol. The Labute approximate surface area is 287 Å². The standard InChI is InChI=1S/C47H36N2/c1-31-12-6-11-19-44(31)49-32(2)48-43-30-38(28-29-45(43)49)35-22-26-37(27-23-35)47-41-17-9-7-15-39(41)46(40-16-8-10-18-42(40)47)36-24-20-34(21-25-36)33-13-4-3-5-14-33/h3-11,13-31H,12H2,1-2H3. The minimum Gasteiger partial charge on any atom is -0.300 e. The lowest BCUT2D eigenvalue weighted by atomic mass is 9.85. The molecule has 49 heavy (non-hydrogen) atoms. The molecule has 2 nitrogen and oxygen atoms in total. The Morgan fingerprint density at radius 2 is 1.00 bits per heavy atom. The summed E-state index contributed by atoms with van der Waals surface area (Å²) in [4.78, 5) is 4.99. The van der Waals surface area contributed by atoms with Gasteiger partial charge in [0.15, 0.2) is 0 Å². The fourth-order valence-electron chi connectivity index (χ4n) is 7.78. The number of aryl methyl sites for hydroxylation is 1. The first-order valence-corrected chi connectivity index (χ1v) is 17.2. The summed E-state index contributed by atoms with van der Waals surface area (Å²) in [6.07, 6.45) is 7.70. The molecule has 0 bridgehead atoms. The number of benzene rings is 7. The van der Waals surface area contributed by atoms with Crippen molar-refractivity contribution < 1.29 is 0 Å². The van der Waals surface area contributed by atoms with Crippen molar-refractivity contribution in [2.75, 3.05) is 0 Å². The molecule has 1 unspecified atom stereocenters. The van der Waals surface area contributed by atoms with Crippen molar-refractivity contribution in [1.82, 2.24) is 9.55 Å². The molecule has 8 aromatic rings. The Morgan fingerprint density at radius 1 is 0.531 bits per heavy atom. The molecule has 0 aliphatic heterocycles. The van der Waals surface area contributed by atoms with E-state index in [2.05, 4.69) is 182 Å². The number of allylic oxidation sites excluding steroid dienone is 4. The molecule has 0 radical (unpaired) electrons. The highest BCUT2D eigenvalue weighted by atomic mass is 15.1. The third kappa shape index (κ3) is 5.00. The normalized spacial score (nSPS) is 14.5. The summed E-state index contributed by atoms with van der Waals surface area (Å²) in [6, 6.07) is 53.2. The topological polar surface area (TPSA) is 17.8 Å². The Hall–Kier alpha value is -5.99. The van der Waals surface area contributed by atoms with Crippen LogP contribution in [-0.4, -0.2) is 9.55 Å². The van der Waals surface area contributed by atoms with E-state index < -0.39 is 0 Å². The molecule has 1 atom stereocenters. The summed E-state index contributed by atoms with van der Waals surface area (Å²) < 4.78 is 2.33. The fraction of sp³-hybridized carbons (Fsp3) is 0.0851. The largest absolute Gasteiger partial charge is 0.300 e. The summed E-state index contributed by atoms with van der Waals surface area (Å²) in [5, 5.41) is 5.06. The molecule has 1 aliphatic carbocycles. The first-order chi connectivity index (χ1) is 24.1. The van der Waals surface area contributed by atoms with Gasteiger partial charge in [0.25, 0.3) is 0 Å². The molecule has 1 aliphatic rings. The van der Waals surface area contributed by atoms with Crippen LogP contribution in [0.4, 0.5) is 0 Å². The van der Waals surface area contributed by atoms with E-state index >= 15 is 0 Å². The first kappa shape index (κ1) is 29.2. The highest BCUT2D eigenvalue weighted by Crippen LogP contribution is 2.44. The van der Waals surface area contributed by atoms with Crippen LogP contribution < -0.4 is 0 Å². The zero-order chi connectivity index (χ0) is 32.9. The van der Waals surface area contributed by atoms with Crippen LogP contribution in [0.1, 0.15) is 19.2 Å². The highest BCUT2D eigenvalue weighted by molar-refractivity contribution is 6.21. The van der Waals surface area contributed by atoms with Crippen LogP contribution in [0.3, 0.4) is 0 Å². The van der Waals surface area contributed by atoms with Gasteiger partial charge in [-0.2, -0.15) is 0 Å². The van der Waals surface area contributed by atoms with Gasteiger partial charge in [-0.25, -0.2) is 4.98 Å². The van der Waals surface area contributed by atoms with Gasteiger partial charge < -0.3 is 4.57 Å². The van der Waals surface area contributed by atoms with Crippen LogP contribution in [0.2, 0.25) is 0 Å². The summed E-state index contributed by atoms with van der Waals surface area (Å²) in [7, 11) is 0. The second kappa shape index (κ2) is 11.9. The van der Waals surface area contributed by atoms with E-state index in [1.807, 2.05) is 0 Å². The molecule has 0 fully saturated rings. The van der Waals surface area contributed by atoms with E-state index in [1.165, 1.54) is 77.3 Å². The van der Waals surface area contributed by atoms with E-state index in [1.54, 1.807) is 0 Å². The van der Waals surface area contributed by atoms with E-state index in [4.69, 9.17) is 4.98 Å². The molecule has 2 heteroatoms. The molecule has 7 aromatic carbocycles. The number of rotatable bonds is 5. The maximum absolute atomic E-state index is 4.99.